The molecule has 0 bridgehead atoms. The molecule has 0 saturated heterocycles. The number of hydrogen-bond acceptors (Lipinski definition) is 3. The fourth-order valence-electron chi connectivity index (χ4n) is 0.786. The smallest absolute Gasteiger partial charge is 0.273 e. The second-order valence-electron chi connectivity index (χ2n) is 2.16. The first kappa shape index (κ1) is 9.73. The van der Waals surface area contributed by atoms with Gasteiger partial charge in [-0.1, -0.05) is 6.58 Å². The van der Waals surface area contributed by atoms with Crippen LogP contribution in [-0.4, -0.2) is 4.92 Å². The maximum absolute atomic E-state index is 10.4. The summed E-state index contributed by atoms with van der Waals surface area (Å²) in [5, 5.41) is 10.4. The molecule has 0 aliphatic carbocycles. The summed E-state index contributed by atoms with van der Waals surface area (Å²) in [5.41, 5.74) is -0.0138. The van der Waals surface area contributed by atoms with Crippen molar-refractivity contribution in [1.29, 1.82) is 0 Å². The second-order valence-corrected chi connectivity index (χ2v) is 3.01. The maximum Gasteiger partial charge on any atom is 0.273 e. The van der Waals surface area contributed by atoms with Crippen LogP contribution < -0.4 is 4.74 Å². The monoisotopic (exact) mass is 243 g/mol. The number of rotatable bonds is 3. The Bertz CT molecular complexity index is 351. The molecule has 0 amide bonds. The zero-order valence-electron chi connectivity index (χ0n) is 6.57. The van der Waals surface area contributed by atoms with Crippen LogP contribution in [0.25, 0.3) is 0 Å². The van der Waals surface area contributed by atoms with Crippen molar-refractivity contribution in [2.24, 2.45) is 0 Å². The van der Waals surface area contributed by atoms with Crippen molar-refractivity contribution >= 4 is 21.6 Å². The lowest BCUT2D eigenvalue weighted by Gasteiger charge is -2.01. The number of nitro groups is 1. The number of ether oxygens (including phenoxy) is 1. The van der Waals surface area contributed by atoms with Crippen LogP contribution >= 0.6 is 15.9 Å². The fourth-order valence-corrected chi connectivity index (χ4v) is 1.13. The van der Waals surface area contributed by atoms with E-state index < -0.39 is 4.92 Å². The molecule has 0 atom stereocenters. The quantitative estimate of drug-likeness (QED) is 0.466. The molecule has 0 radical (unpaired) electrons. The van der Waals surface area contributed by atoms with E-state index in [9.17, 15) is 10.1 Å². The highest BCUT2D eigenvalue weighted by Gasteiger charge is 2.09. The Labute approximate surface area is 83.1 Å². The summed E-state index contributed by atoms with van der Waals surface area (Å²) in [5.74, 6) is 0.379. The SMILES string of the molecule is C=COc1cc([N+](=O)[O-])ccc1Br. The average Bonchev–Trinajstić information content (AvgIpc) is 2.08. The molecule has 0 saturated carbocycles. The topological polar surface area (TPSA) is 52.4 Å². The summed E-state index contributed by atoms with van der Waals surface area (Å²) in [4.78, 5) is 9.89. The van der Waals surface area contributed by atoms with E-state index in [-0.39, 0.29) is 5.69 Å². The summed E-state index contributed by atoms with van der Waals surface area (Å²) in [7, 11) is 0. The van der Waals surface area contributed by atoms with Gasteiger partial charge in [-0.15, -0.1) is 0 Å². The molecule has 0 N–H and O–H groups in total. The number of nitro benzene ring substituents is 1. The molecule has 0 unspecified atom stereocenters. The second kappa shape index (κ2) is 4.04. The van der Waals surface area contributed by atoms with Gasteiger partial charge < -0.3 is 4.74 Å². The summed E-state index contributed by atoms with van der Waals surface area (Å²) in [6.45, 7) is 3.36. The molecule has 4 nitrogen and oxygen atoms in total. The predicted octanol–water partition coefficient (Wildman–Crippen LogP) is 2.88. The Morgan fingerprint density at radius 2 is 2.31 bits per heavy atom. The van der Waals surface area contributed by atoms with Crippen LogP contribution in [0.5, 0.6) is 5.75 Å². The number of benzene rings is 1. The van der Waals surface area contributed by atoms with Crippen LogP contribution in [0.15, 0.2) is 35.5 Å². The Morgan fingerprint density at radius 1 is 1.62 bits per heavy atom. The van der Waals surface area contributed by atoms with Crippen molar-refractivity contribution in [2.45, 2.75) is 0 Å². The van der Waals surface area contributed by atoms with E-state index in [1.807, 2.05) is 0 Å². The van der Waals surface area contributed by atoms with Gasteiger partial charge in [-0.05, 0) is 22.0 Å². The minimum atomic E-state index is -0.484. The molecule has 0 fully saturated rings. The summed E-state index contributed by atoms with van der Waals surface area (Å²) in [6.07, 6.45) is 1.21. The molecule has 1 aromatic rings. The summed E-state index contributed by atoms with van der Waals surface area (Å²) >= 11 is 3.19. The summed E-state index contributed by atoms with van der Waals surface area (Å²) in [6, 6.07) is 4.27. The third kappa shape index (κ3) is 2.29. The lowest BCUT2D eigenvalue weighted by molar-refractivity contribution is -0.384. The molecule has 0 aliphatic rings. The highest BCUT2D eigenvalue weighted by molar-refractivity contribution is 9.10. The Hall–Kier alpha value is -1.36. The lowest BCUT2D eigenvalue weighted by atomic mass is 10.3. The molecule has 68 valence electrons. The van der Waals surface area contributed by atoms with Gasteiger partial charge in [-0.25, -0.2) is 0 Å². The van der Waals surface area contributed by atoms with E-state index in [0.717, 1.165) is 0 Å². The lowest BCUT2D eigenvalue weighted by Crippen LogP contribution is -1.89. The minimum Gasteiger partial charge on any atom is -0.464 e. The van der Waals surface area contributed by atoms with Crippen molar-refractivity contribution < 1.29 is 9.66 Å². The van der Waals surface area contributed by atoms with Crippen molar-refractivity contribution in [1.82, 2.24) is 0 Å². The van der Waals surface area contributed by atoms with Crippen LogP contribution in [0.2, 0.25) is 0 Å². The van der Waals surface area contributed by atoms with Crippen LogP contribution in [0.4, 0.5) is 5.69 Å². The summed E-state index contributed by atoms with van der Waals surface area (Å²) < 4.78 is 5.59. The predicted molar refractivity (Wildman–Crippen MR) is 51.6 cm³/mol. The first-order valence-electron chi connectivity index (χ1n) is 3.36. The number of non-ortho nitro benzene ring substituents is 1. The standard InChI is InChI=1S/C8H6BrNO3/c1-2-13-8-5-6(10(11)12)3-4-7(8)9/h2-5H,1H2. The van der Waals surface area contributed by atoms with Crippen LogP contribution in [0.3, 0.4) is 0 Å². The Balaban J connectivity index is 3.10. The van der Waals surface area contributed by atoms with E-state index in [1.165, 1.54) is 18.4 Å². The van der Waals surface area contributed by atoms with Crippen molar-refractivity contribution in [3.05, 3.63) is 45.6 Å². The average molecular weight is 244 g/mol. The van der Waals surface area contributed by atoms with Crippen molar-refractivity contribution in [2.75, 3.05) is 0 Å². The first-order valence-corrected chi connectivity index (χ1v) is 4.16. The molecule has 13 heavy (non-hydrogen) atoms. The molecule has 1 rings (SSSR count). The van der Waals surface area contributed by atoms with Gasteiger partial charge in [-0.2, -0.15) is 0 Å². The number of hydrogen-bond donors (Lipinski definition) is 0. The molecule has 0 spiro atoms. The highest BCUT2D eigenvalue weighted by atomic mass is 79.9. The zero-order chi connectivity index (χ0) is 9.84. The van der Waals surface area contributed by atoms with Gasteiger partial charge in [0, 0.05) is 6.07 Å². The van der Waals surface area contributed by atoms with Gasteiger partial charge in [0.1, 0.15) is 5.75 Å². The zero-order valence-corrected chi connectivity index (χ0v) is 8.15. The van der Waals surface area contributed by atoms with E-state index in [4.69, 9.17) is 4.74 Å². The molecule has 0 heterocycles. The first-order chi connectivity index (χ1) is 6.15. The third-order valence-corrected chi connectivity index (χ3v) is 1.99. The fraction of sp³-hybridized carbons (Fsp3) is 0. The van der Waals surface area contributed by atoms with Crippen LogP contribution in [0, 0.1) is 10.1 Å². The minimum absolute atomic E-state index is 0.0138. The number of halogens is 1. The van der Waals surface area contributed by atoms with Crippen molar-refractivity contribution in [3.8, 4) is 5.75 Å². The molecule has 1 aromatic carbocycles. The van der Waals surface area contributed by atoms with E-state index in [2.05, 4.69) is 22.5 Å². The molecule has 5 heteroatoms. The molecule has 0 aromatic heterocycles. The van der Waals surface area contributed by atoms with Crippen LogP contribution in [-0.2, 0) is 0 Å². The number of nitrogens with zero attached hydrogens (tertiary/aromatic N) is 1. The van der Waals surface area contributed by atoms with Gasteiger partial charge in [0.15, 0.2) is 0 Å². The Morgan fingerprint density at radius 3 is 2.85 bits per heavy atom. The van der Waals surface area contributed by atoms with Gasteiger partial charge in [0.25, 0.3) is 5.69 Å². The van der Waals surface area contributed by atoms with Gasteiger partial charge >= 0.3 is 0 Å². The van der Waals surface area contributed by atoms with E-state index in [1.54, 1.807) is 6.07 Å². The van der Waals surface area contributed by atoms with Crippen LogP contribution in [0.1, 0.15) is 0 Å². The Kier molecular flexibility index (Phi) is 3.02. The third-order valence-electron chi connectivity index (χ3n) is 1.34. The van der Waals surface area contributed by atoms with E-state index >= 15 is 0 Å². The van der Waals surface area contributed by atoms with Gasteiger partial charge in [0.2, 0.25) is 0 Å². The molecule has 0 aliphatic heterocycles. The largest absolute Gasteiger partial charge is 0.464 e. The van der Waals surface area contributed by atoms with Gasteiger partial charge in [0.05, 0.1) is 21.7 Å². The van der Waals surface area contributed by atoms with E-state index in [0.29, 0.717) is 10.2 Å². The highest BCUT2D eigenvalue weighted by Crippen LogP contribution is 2.29. The molecular formula is C8H6BrNO3. The maximum atomic E-state index is 10.4. The van der Waals surface area contributed by atoms with Gasteiger partial charge in [-0.3, -0.25) is 10.1 Å². The molecular weight excluding hydrogens is 238 g/mol. The van der Waals surface area contributed by atoms with Crippen molar-refractivity contribution in [3.63, 3.8) is 0 Å². The normalized spacial score (nSPS) is 9.31.